The summed E-state index contributed by atoms with van der Waals surface area (Å²) in [4.78, 5) is 0. The molecule has 0 atom stereocenters. The summed E-state index contributed by atoms with van der Waals surface area (Å²) in [6.45, 7) is 2.88. The lowest BCUT2D eigenvalue weighted by Crippen LogP contribution is -2.09. The highest BCUT2D eigenvalue weighted by atomic mass is 35.5. The minimum Gasteiger partial charge on any atom is -0.490 e. The molecule has 0 saturated carbocycles. The Labute approximate surface area is 110 Å². The summed E-state index contributed by atoms with van der Waals surface area (Å²) in [6, 6.07) is 9.24. The van der Waals surface area contributed by atoms with Crippen LogP contribution in [0.5, 0.6) is 5.75 Å². The van der Waals surface area contributed by atoms with Gasteiger partial charge in [0.15, 0.2) is 0 Å². The maximum absolute atomic E-state index is 8.91. The van der Waals surface area contributed by atoms with Crippen LogP contribution in [0.25, 0.3) is 0 Å². The molecule has 4 nitrogen and oxygen atoms in total. The third-order valence-corrected chi connectivity index (χ3v) is 2.84. The first-order valence-corrected chi connectivity index (χ1v) is 5.90. The van der Waals surface area contributed by atoms with Gasteiger partial charge in [0.1, 0.15) is 18.4 Å². The number of ether oxygens (including phenoxy) is 1. The molecule has 0 saturated heterocycles. The zero-order valence-corrected chi connectivity index (χ0v) is 10.7. The van der Waals surface area contributed by atoms with Crippen LogP contribution in [0.15, 0.2) is 30.5 Å². The van der Waals surface area contributed by atoms with E-state index < -0.39 is 0 Å². The van der Waals surface area contributed by atoms with Crippen molar-refractivity contribution >= 4 is 11.6 Å². The minimum atomic E-state index is 0.441. The topological polar surface area (TPSA) is 50.8 Å². The molecule has 0 aliphatic heterocycles. The van der Waals surface area contributed by atoms with Crippen LogP contribution in [0.1, 0.15) is 11.3 Å². The number of para-hydroxylation sites is 1. The lowest BCUT2D eigenvalue weighted by molar-refractivity contribution is 0.290. The van der Waals surface area contributed by atoms with Crippen molar-refractivity contribution in [1.82, 2.24) is 9.78 Å². The number of hydrogen-bond acceptors (Lipinski definition) is 3. The van der Waals surface area contributed by atoms with Crippen molar-refractivity contribution in [3.05, 3.63) is 46.7 Å². The van der Waals surface area contributed by atoms with Crippen LogP contribution < -0.4 is 4.74 Å². The summed E-state index contributed by atoms with van der Waals surface area (Å²) in [6.07, 6.45) is 1.76. The molecule has 18 heavy (non-hydrogen) atoms. The Morgan fingerprint density at radius 3 is 2.89 bits per heavy atom. The quantitative estimate of drug-likeness (QED) is 0.850. The van der Waals surface area contributed by atoms with Gasteiger partial charge in [-0.15, -0.1) is 0 Å². The molecule has 2 aromatic rings. The van der Waals surface area contributed by atoms with Gasteiger partial charge in [0.2, 0.25) is 0 Å². The molecule has 0 radical (unpaired) electrons. The summed E-state index contributed by atoms with van der Waals surface area (Å²) in [5, 5.41) is 13.8. The van der Waals surface area contributed by atoms with E-state index in [-0.39, 0.29) is 0 Å². The minimum absolute atomic E-state index is 0.441. The van der Waals surface area contributed by atoms with Gasteiger partial charge in [-0.3, -0.25) is 4.68 Å². The number of halogens is 1. The van der Waals surface area contributed by atoms with Crippen LogP contribution in [-0.4, -0.2) is 16.4 Å². The number of nitriles is 1. The van der Waals surface area contributed by atoms with E-state index in [4.69, 9.17) is 21.6 Å². The van der Waals surface area contributed by atoms with Gasteiger partial charge in [0.05, 0.1) is 22.8 Å². The molecule has 0 fully saturated rings. The van der Waals surface area contributed by atoms with E-state index in [9.17, 15) is 0 Å². The van der Waals surface area contributed by atoms with Gasteiger partial charge in [-0.05, 0) is 19.1 Å². The fourth-order valence-electron chi connectivity index (χ4n) is 1.54. The van der Waals surface area contributed by atoms with Crippen molar-refractivity contribution in [3.8, 4) is 11.8 Å². The van der Waals surface area contributed by atoms with Crippen molar-refractivity contribution in [3.63, 3.8) is 0 Å². The first-order chi connectivity index (χ1) is 8.70. The van der Waals surface area contributed by atoms with Crippen molar-refractivity contribution in [2.75, 3.05) is 6.61 Å². The SMILES string of the molecule is Cc1nn(CCOc2ccccc2C#N)cc1Cl. The van der Waals surface area contributed by atoms with Crippen molar-refractivity contribution < 1.29 is 4.74 Å². The van der Waals surface area contributed by atoms with Gasteiger partial charge in [-0.2, -0.15) is 10.4 Å². The van der Waals surface area contributed by atoms with E-state index in [0.29, 0.717) is 29.5 Å². The van der Waals surface area contributed by atoms with E-state index in [2.05, 4.69) is 11.2 Å². The highest BCUT2D eigenvalue weighted by Gasteiger charge is 2.03. The molecule has 1 aromatic heterocycles. The average Bonchev–Trinajstić information content (AvgIpc) is 2.69. The van der Waals surface area contributed by atoms with Gasteiger partial charge in [-0.1, -0.05) is 23.7 Å². The highest BCUT2D eigenvalue weighted by molar-refractivity contribution is 6.31. The van der Waals surface area contributed by atoms with Crippen molar-refractivity contribution in [2.24, 2.45) is 0 Å². The Balaban J connectivity index is 1.94. The number of rotatable bonds is 4. The molecule has 1 aromatic carbocycles. The number of hydrogen-bond donors (Lipinski definition) is 0. The maximum Gasteiger partial charge on any atom is 0.137 e. The lowest BCUT2D eigenvalue weighted by atomic mass is 10.2. The normalized spacial score (nSPS) is 10.1. The average molecular weight is 262 g/mol. The zero-order chi connectivity index (χ0) is 13.0. The number of aryl methyl sites for hydroxylation is 1. The molecule has 0 aliphatic rings. The number of benzene rings is 1. The third kappa shape index (κ3) is 2.82. The largest absolute Gasteiger partial charge is 0.490 e. The Morgan fingerprint density at radius 2 is 2.22 bits per heavy atom. The molecule has 5 heteroatoms. The van der Waals surface area contributed by atoms with Gasteiger partial charge < -0.3 is 4.74 Å². The van der Waals surface area contributed by atoms with E-state index in [1.54, 1.807) is 23.0 Å². The molecular formula is C13H12ClN3O. The third-order valence-electron chi connectivity index (χ3n) is 2.47. The van der Waals surface area contributed by atoms with Crippen LogP contribution in [0.4, 0.5) is 0 Å². The zero-order valence-electron chi connectivity index (χ0n) is 9.93. The second-order valence-corrected chi connectivity index (χ2v) is 4.19. The molecule has 0 aliphatic carbocycles. The molecule has 0 amide bonds. The molecule has 0 bridgehead atoms. The summed E-state index contributed by atoms with van der Waals surface area (Å²) >= 11 is 5.91. The summed E-state index contributed by atoms with van der Waals surface area (Å²) in [7, 11) is 0. The van der Waals surface area contributed by atoms with Crippen LogP contribution in [0.2, 0.25) is 5.02 Å². The van der Waals surface area contributed by atoms with E-state index >= 15 is 0 Å². The Hall–Kier alpha value is -1.99. The summed E-state index contributed by atoms with van der Waals surface area (Å²) < 4.78 is 7.28. The van der Waals surface area contributed by atoms with Crippen LogP contribution in [0, 0.1) is 18.3 Å². The fraction of sp³-hybridized carbons (Fsp3) is 0.231. The molecule has 0 unspecified atom stereocenters. The van der Waals surface area contributed by atoms with Gasteiger partial charge >= 0.3 is 0 Å². The number of nitrogens with zero attached hydrogens (tertiary/aromatic N) is 3. The monoisotopic (exact) mass is 261 g/mol. The molecule has 0 N–H and O–H groups in total. The molecule has 92 valence electrons. The standard InChI is InChI=1S/C13H12ClN3O/c1-10-12(14)9-17(16-10)6-7-18-13-5-3-2-4-11(13)8-15/h2-5,9H,6-7H2,1H3. The summed E-state index contributed by atoms with van der Waals surface area (Å²) in [5.74, 6) is 0.593. The molecular weight excluding hydrogens is 250 g/mol. The van der Waals surface area contributed by atoms with Crippen LogP contribution in [0.3, 0.4) is 0 Å². The van der Waals surface area contributed by atoms with Crippen LogP contribution in [-0.2, 0) is 6.54 Å². The first kappa shape index (κ1) is 12.5. The van der Waals surface area contributed by atoms with Crippen molar-refractivity contribution in [2.45, 2.75) is 13.5 Å². The fourth-order valence-corrected chi connectivity index (χ4v) is 1.69. The Morgan fingerprint density at radius 1 is 1.44 bits per heavy atom. The van der Waals surface area contributed by atoms with Gasteiger partial charge in [0.25, 0.3) is 0 Å². The second-order valence-electron chi connectivity index (χ2n) is 3.78. The lowest BCUT2D eigenvalue weighted by Gasteiger charge is -2.07. The summed E-state index contributed by atoms with van der Waals surface area (Å²) in [5.41, 5.74) is 1.33. The van der Waals surface area contributed by atoms with E-state index in [1.165, 1.54) is 0 Å². The van der Waals surface area contributed by atoms with Gasteiger partial charge in [0, 0.05) is 6.20 Å². The molecule has 0 spiro atoms. The highest BCUT2D eigenvalue weighted by Crippen LogP contribution is 2.16. The van der Waals surface area contributed by atoms with Gasteiger partial charge in [-0.25, -0.2) is 0 Å². The van der Waals surface area contributed by atoms with E-state index in [0.717, 1.165) is 5.69 Å². The smallest absolute Gasteiger partial charge is 0.137 e. The predicted octanol–water partition coefficient (Wildman–Crippen LogP) is 2.80. The van der Waals surface area contributed by atoms with Crippen LogP contribution >= 0.6 is 11.6 Å². The Bertz CT molecular complexity index is 567. The second kappa shape index (κ2) is 5.56. The predicted molar refractivity (Wildman–Crippen MR) is 68.6 cm³/mol. The molecule has 2 rings (SSSR count). The maximum atomic E-state index is 8.91. The number of aromatic nitrogens is 2. The van der Waals surface area contributed by atoms with Crippen molar-refractivity contribution in [1.29, 1.82) is 5.26 Å². The Kier molecular flexibility index (Phi) is 3.85. The molecule has 1 heterocycles. The van der Waals surface area contributed by atoms with E-state index in [1.807, 2.05) is 19.1 Å². The first-order valence-electron chi connectivity index (χ1n) is 5.52.